The molecule has 1 saturated heterocycles. The molecule has 0 aliphatic carbocycles. The summed E-state index contributed by atoms with van der Waals surface area (Å²) in [7, 11) is -0.185. The van der Waals surface area contributed by atoms with Gasteiger partial charge in [0.05, 0.1) is 24.7 Å². The van der Waals surface area contributed by atoms with Crippen LogP contribution in [0.25, 0.3) is 0 Å². The maximum Gasteiger partial charge on any atom is 0.263 e. The van der Waals surface area contributed by atoms with Gasteiger partial charge in [-0.25, -0.2) is 8.42 Å². The third-order valence-electron chi connectivity index (χ3n) is 5.38. The normalized spacial score (nSPS) is 15.4. The molecule has 31 heavy (non-hydrogen) atoms. The molecule has 168 valence electrons. The zero-order valence-electron chi connectivity index (χ0n) is 18.3. The number of rotatable bonds is 7. The molecule has 0 spiro atoms. The van der Waals surface area contributed by atoms with Crippen LogP contribution in [0.15, 0.2) is 48.5 Å². The van der Waals surface area contributed by atoms with Crippen molar-refractivity contribution in [2.75, 3.05) is 55.8 Å². The van der Waals surface area contributed by atoms with Crippen LogP contribution >= 0.6 is 0 Å². The number of nitrogens with zero attached hydrogens (tertiary/aromatic N) is 3. The van der Waals surface area contributed by atoms with E-state index in [1.807, 2.05) is 29.2 Å². The largest absolute Gasteiger partial charge is 0.495 e. The van der Waals surface area contributed by atoms with Crippen LogP contribution in [0.2, 0.25) is 0 Å². The van der Waals surface area contributed by atoms with Crippen molar-refractivity contribution in [1.29, 1.82) is 0 Å². The molecule has 0 aromatic heterocycles. The molecule has 1 heterocycles. The summed E-state index contributed by atoms with van der Waals surface area (Å²) in [4.78, 5) is 16.9. The molecule has 1 aliphatic rings. The molecule has 1 amide bonds. The van der Waals surface area contributed by atoms with E-state index in [-0.39, 0.29) is 5.91 Å². The van der Waals surface area contributed by atoms with Crippen LogP contribution < -0.4 is 18.7 Å². The summed E-state index contributed by atoms with van der Waals surface area (Å²) in [5.74, 6) is 1.26. The van der Waals surface area contributed by atoms with E-state index in [1.54, 1.807) is 38.3 Å². The smallest absolute Gasteiger partial charge is 0.263 e. The molecule has 3 rings (SSSR count). The van der Waals surface area contributed by atoms with Gasteiger partial charge >= 0.3 is 0 Å². The average molecular weight is 448 g/mol. The molecular formula is C22H29N3O5S. The summed E-state index contributed by atoms with van der Waals surface area (Å²) < 4.78 is 35.7. The molecule has 9 heteroatoms. The van der Waals surface area contributed by atoms with Gasteiger partial charge in [-0.2, -0.15) is 0 Å². The summed E-state index contributed by atoms with van der Waals surface area (Å²) in [5, 5.41) is 0. The minimum atomic E-state index is -3.33. The van der Waals surface area contributed by atoms with Gasteiger partial charge < -0.3 is 19.3 Å². The fourth-order valence-electron chi connectivity index (χ4n) is 3.50. The summed E-state index contributed by atoms with van der Waals surface area (Å²) in [6.07, 6.45) is 0.502. The van der Waals surface area contributed by atoms with Crippen molar-refractivity contribution in [3.05, 3.63) is 48.5 Å². The van der Waals surface area contributed by atoms with E-state index in [2.05, 4.69) is 4.90 Å². The van der Waals surface area contributed by atoms with Crippen LogP contribution in [0.1, 0.15) is 6.92 Å². The van der Waals surface area contributed by atoms with E-state index in [4.69, 9.17) is 9.47 Å². The summed E-state index contributed by atoms with van der Waals surface area (Å²) in [6, 6.07) is 14.5. The fourth-order valence-corrected chi connectivity index (χ4v) is 4.00. The van der Waals surface area contributed by atoms with Gasteiger partial charge in [0.15, 0.2) is 6.10 Å². The first-order valence-electron chi connectivity index (χ1n) is 10.1. The highest BCUT2D eigenvalue weighted by Gasteiger charge is 2.27. The first kappa shape index (κ1) is 22.7. The maximum atomic E-state index is 12.8. The molecule has 2 aromatic carbocycles. The summed E-state index contributed by atoms with van der Waals surface area (Å²) in [6.45, 7) is 4.35. The molecule has 0 N–H and O–H groups in total. The van der Waals surface area contributed by atoms with Gasteiger partial charge in [0, 0.05) is 33.2 Å². The first-order chi connectivity index (χ1) is 14.7. The predicted octanol–water partition coefficient (Wildman–Crippen LogP) is 2.21. The van der Waals surface area contributed by atoms with E-state index < -0.39 is 16.1 Å². The molecule has 0 radical (unpaired) electrons. The highest BCUT2D eigenvalue weighted by atomic mass is 32.2. The van der Waals surface area contributed by atoms with Crippen molar-refractivity contribution in [2.45, 2.75) is 13.0 Å². The summed E-state index contributed by atoms with van der Waals surface area (Å²) >= 11 is 0. The quantitative estimate of drug-likeness (QED) is 0.648. The number of piperazine rings is 1. The Balaban J connectivity index is 1.56. The SMILES string of the molecule is COc1ccccc1N1CCN(C(=O)C(C)Oc2ccc(N(C)S(C)(=O)=O)cc2)CC1. The third kappa shape index (κ3) is 5.41. The van der Waals surface area contributed by atoms with E-state index in [1.165, 1.54) is 11.4 Å². The highest BCUT2D eigenvalue weighted by Crippen LogP contribution is 2.28. The Bertz CT molecular complexity index is 1000. The van der Waals surface area contributed by atoms with Crippen LogP contribution in [-0.4, -0.2) is 71.9 Å². The lowest BCUT2D eigenvalue weighted by atomic mass is 10.2. The number of carbonyl (C=O) groups excluding carboxylic acids is 1. The lowest BCUT2D eigenvalue weighted by Gasteiger charge is -2.37. The fraction of sp³-hybridized carbons (Fsp3) is 0.409. The van der Waals surface area contributed by atoms with Crippen molar-refractivity contribution in [3.8, 4) is 11.5 Å². The first-order valence-corrected chi connectivity index (χ1v) is 11.9. The highest BCUT2D eigenvalue weighted by molar-refractivity contribution is 7.92. The number of amides is 1. The number of para-hydroxylation sites is 2. The molecule has 0 bridgehead atoms. The molecule has 1 atom stereocenters. The van der Waals surface area contributed by atoms with Crippen LogP contribution in [0, 0.1) is 0 Å². The molecule has 1 fully saturated rings. The second-order valence-corrected chi connectivity index (χ2v) is 9.48. The Kier molecular flexibility index (Phi) is 6.94. The number of hydrogen-bond acceptors (Lipinski definition) is 6. The lowest BCUT2D eigenvalue weighted by Crippen LogP contribution is -2.52. The summed E-state index contributed by atoms with van der Waals surface area (Å²) in [5.41, 5.74) is 1.56. The number of anilines is 2. The monoisotopic (exact) mass is 447 g/mol. The minimum absolute atomic E-state index is 0.0722. The van der Waals surface area contributed by atoms with Gasteiger partial charge in [0.1, 0.15) is 11.5 Å². The van der Waals surface area contributed by atoms with Crippen LogP contribution in [-0.2, 0) is 14.8 Å². The minimum Gasteiger partial charge on any atom is -0.495 e. The van der Waals surface area contributed by atoms with Crippen molar-refractivity contribution in [1.82, 2.24) is 4.90 Å². The number of benzene rings is 2. The molecule has 1 unspecified atom stereocenters. The zero-order valence-corrected chi connectivity index (χ0v) is 19.1. The van der Waals surface area contributed by atoms with E-state index in [0.29, 0.717) is 37.6 Å². The van der Waals surface area contributed by atoms with Crippen molar-refractivity contribution in [2.24, 2.45) is 0 Å². The number of sulfonamides is 1. The van der Waals surface area contributed by atoms with Crippen molar-refractivity contribution >= 4 is 27.3 Å². The number of methoxy groups -OCH3 is 1. The molecule has 2 aromatic rings. The maximum absolute atomic E-state index is 12.8. The molecule has 0 saturated carbocycles. The van der Waals surface area contributed by atoms with Gasteiger partial charge in [-0.1, -0.05) is 12.1 Å². The van der Waals surface area contributed by atoms with Gasteiger partial charge in [-0.05, 0) is 43.3 Å². The molecular weight excluding hydrogens is 418 g/mol. The Labute approximate surface area is 184 Å². The Morgan fingerprint density at radius 1 is 1.03 bits per heavy atom. The van der Waals surface area contributed by atoms with E-state index in [9.17, 15) is 13.2 Å². The second kappa shape index (κ2) is 9.47. The number of hydrogen-bond donors (Lipinski definition) is 0. The van der Waals surface area contributed by atoms with Gasteiger partial charge in [0.25, 0.3) is 5.91 Å². The van der Waals surface area contributed by atoms with Gasteiger partial charge in [-0.15, -0.1) is 0 Å². The van der Waals surface area contributed by atoms with E-state index >= 15 is 0 Å². The van der Waals surface area contributed by atoms with Crippen molar-refractivity contribution < 1.29 is 22.7 Å². The topological polar surface area (TPSA) is 79.4 Å². The Hall–Kier alpha value is -2.94. The standard InChI is InChI=1S/C22H29N3O5S/c1-17(30-19-11-9-18(10-12-19)23(2)31(4,27)28)22(26)25-15-13-24(14-16-25)20-7-5-6-8-21(20)29-3/h5-12,17H,13-16H2,1-4H3. The van der Waals surface area contributed by atoms with E-state index in [0.717, 1.165) is 17.7 Å². The van der Waals surface area contributed by atoms with Gasteiger partial charge in [-0.3, -0.25) is 9.10 Å². The van der Waals surface area contributed by atoms with Crippen LogP contribution in [0.4, 0.5) is 11.4 Å². The third-order valence-corrected chi connectivity index (χ3v) is 6.58. The Morgan fingerprint density at radius 2 is 1.65 bits per heavy atom. The Morgan fingerprint density at radius 3 is 2.23 bits per heavy atom. The number of ether oxygens (including phenoxy) is 2. The second-order valence-electron chi connectivity index (χ2n) is 7.47. The van der Waals surface area contributed by atoms with Crippen molar-refractivity contribution in [3.63, 3.8) is 0 Å². The van der Waals surface area contributed by atoms with Gasteiger partial charge in [0.2, 0.25) is 10.0 Å². The molecule has 8 nitrogen and oxygen atoms in total. The predicted molar refractivity (Wildman–Crippen MR) is 122 cm³/mol. The number of carbonyl (C=O) groups is 1. The van der Waals surface area contributed by atoms with Crippen LogP contribution in [0.3, 0.4) is 0 Å². The zero-order chi connectivity index (χ0) is 22.6. The lowest BCUT2D eigenvalue weighted by molar-refractivity contribution is -0.138. The van der Waals surface area contributed by atoms with Crippen LogP contribution in [0.5, 0.6) is 11.5 Å². The molecule has 1 aliphatic heterocycles. The average Bonchev–Trinajstić information content (AvgIpc) is 2.78.